The first-order valence-electron chi connectivity index (χ1n) is 10.2. The van der Waals surface area contributed by atoms with Crippen LogP contribution in [0.15, 0.2) is 29.1 Å². The summed E-state index contributed by atoms with van der Waals surface area (Å²) >= 11 is 0. The molecule has 2 heterocycles. The summed E-state index contributed by atoms with van der Waals surface area (Å²) in [5.74, 6) is -0.0202. The molecule has 1 saturated heterocycles. The van der Waals surface area contributed by atoms with E-state index in [1.807, 2.05) is 4.90 Å². The lowest BCUT2D eigenvalue weighted by molar-refractivity contribution is -0.135. The van der Waals surface area contributed by atoms with Crippen LogP contribution < -0.4 is 10.5 Å². The summed E-state index contributed by atoms with van der Waals surface area (Å²) in [6.45, 7) is 8.99. The van der Waals surface area contributed by atoms with Crippen LogP contribution in [0.1, 0.15) is 41.8 Å². The molecule has 0 N–H and O–H groups in total. The third-order valence-electron chi connectivity index (χ3n) is 6.21. The fourth-order valence-electron chi connectivity index (χ4n) is 4.31. The Morgan fingerprint density at radius 2 is 1.86 bits per heavy atom. The van der Waals surface area contributed by atoms with Gasteiger partial charge in [0.15, 0.2) is 0 Å². The van der Waals surface area contributed by atoms with Crippen molar-refractivity contribution in [3.8, 4) is 0 Å². The quantitative estimate of drug-likeness (QED) is 0.820. The van der Waals surface area contributed by atoms with Gasteiger partial charge in [-0.05, 0) is 62.8 Å². The third kappa shape index (κ3) is 3.32. The number of fused-ring (bicyclic) bond motifs is 1. The van der Waals surface area contributed by atoms with Gasteiger partial charge in [0.05, 0.1) is 5.69 Å². The molecule has 0 radical (unpaired) electrons. The van der Waals surface area contributed by atoms with E-state index in [-0.39, 0.29) is 11.5 Å². The van der Waals surface area contributed by atoms with Gasteiger partial charge in [0.1, 0.15) is 6.04 Å². The molecule has 1 fully saturated rings. The molecule has 1 aromatic carbocycles. The minimum absolute atomic E-state index is 0.0202. The maximum absolute atomic E-state index is 13.0. The van der Waals surface area contributed by atoms with Crippen LogP contribution in [0.25, 0.3) is 0 Å². The highest BCUT2D eigenvalue weighted by molar-refractivity contribution is 5.80. The van der Waals surface area contributed by atoms with E-state index in [2.05, 4.69) is 42.0 Å². The van der Waals surface area contributed by atoms with Gasteiger partial charge in [0, 0.05) is 37.9 Å². The van der Waals surface area contributed by atoms with Crippen molar-refractivity contribution in [3.63, 3.8) is 0 Å². The molecule has 2 aromatic rings. The minimum Gasteiger partial charge on any atom is -0.368 e. The predicted molar refractivity (Wildman–Crippen MR) is 110 cm³/mol. The number of carbonyl (C=O) groups excluding carboxylic acids is 1. The third-order valence-corrected chi connectivity index (χ3v) is 6.21. The van der Waals surface area contributed by atoms with Gasteiger partial charge in [-0.2, -0.15) is 5.10 Å². The molecule has 28 heavy (non-hydrogen) atoms. The molecule has 1 unspecified atom stereocenters. The average Bonchev–Trinajstić information content (AvgIpc) is 3.15. The second kappa shape index (κ2) is 7.41. The number of hydrogen-bond donors (Lipinski definition) is 0. The number of amides is 1. The number of aryl methyl sites for hydroxylation is 3. The molecule has 6 nitrogen and oxygen atoms in total. The topological polar surface area (TPSA) is 58.4 Å². The van der Waals surface area contributed by atoms with E-state index in [0.29, 0.717) is 13.1 Å². The lowest BCUT2D eigenvalue weighted by Gasteiger charge is -2.38. The molecule has 148 valence electrons. The molecule has 1 aromatic heterocycles. The zero-order chi connectivity index (χ0) is 19.8. The number of hydrogen-bond acceptors (Lipinski definition) is 4. The molecule has 0 spiro atoms. The number of piperazine rings is 1. The van der Waals surface area contributed by atoms with Crippen LogP contribution in [0.3, 0.4) is 0 Å². The fourth-order valence-corrected chi connectivity index (χ4v) is 4.31. The highest BCUT2D eigenvalue weighted by Gasteiger charge is 2.28. The Kier molecular flexibility index (Phi) is 4.96. The van der Waals surface area contributed by atoms with E-state index < -0.39 is 6.04 Å². The predicted octanol–water partition coefficient (Wildman–Crippen LogP) is 2.26. The Morgan fingerprint density at radius 3 is 2.61 bits per heavy atom. The summed E-state index contributed by atoms with van der Waals surface area (Å²) in [6.07, 6.45) is 2.85. The van der Waals surface area contributed by atoms with E-state index in [9.17, 15) is 9.59 Å². The zero-order valence-electron chi connectivity index (χ0n) is 16.9. The second-order valence-corrected chi connectivity index (χ2v) is 7.96. The molecule has 0 saturated carbocycles. The van der Waals surface area contributed by atoms with Gasteiger partial charge in [-0.1, -0.05) is 12.1 Å². The smallest absolute Gasteiger partial charge is 0.267 e. The lowest BCUT2D eigenvalue weighted by Crippen LogP contribution is -2.51. The monoisotopic (exact) mass is 380 g/mol. The molecule has 4 rings (SSSR count). The largest absolute Gasteiger partial charge is 0.368 e. The number of carbonyl (C=O) groups is 1. The summed E-state index contributed by atoms with van der Waals surface area (Å²) in [7, 11) is 0. The fraction of sp³-hybridized carbons (Fsp3) is 0.500. The van der Waals surface area contributed by atoms with Crippen molar-refractivity contribution >= 4 is 11.6 Å². The maximum Gasteiger partial charge on any atom is 0.267 e. The first-order valence-corrected chi connectivity index (χ1v) is 10.2. The van der Waals surface area contributed by atoms with Gasteiger partial charge in [-0.3, -0.25) is 9.59 Å². The van der Waals surface area contributed by atoms with Crippen molar-refractivity contribution in [1.82, 2.24) is 14.7 Å². The maximum atomic E-state index is 13.0. The van der Waals surface area contributed by atoms with Gasteiger partial charge in [0.2, 0.25) is 5.91 Å². The van der Waals surface area contributed by atoms with E-state index >= 15 is 0 Å². The Hall–Kier alpha value is -2.63. The standard InChI is InChI=1S/C22H28N4O2/c1-15-6-4-9-20(16(15)2)24-10-12-25(13-11-24)22(28)17(3)26-21(27)14-18-7-5-8-19(18)23-26/h4,6,9,14,17H,5,7-8,10-13H2,1-3H3. The van der Waals surface area contributed by atoms with Crippen molar-refractivity contribution in [3.05, 3.63) is 57.0 Å². The summed E-state index contributed by atoms with van der Waals surface area (Å²) in [5.41, 5.74) is 5.67. The molecule has 1 atom stereocenters. The first kappa shape index (κ1) is 18.7. The number of nitrogens with zero attached hydrogens (tertiary/aromatic N) is 4. The summed E-state index contributed by atoms with van der Waals surface area (Å²) in [5, 5.41) is 4.50. The number of anilines is 1. The first-order chi connectivity index (χ1) is 13.5. The molecule has 0 bridgehead atoms. The van der Waals surface area contributed by atoms with Gasteiger partial charge in [-0.15, -0.1) is 0 Å². The van der Waals surface area contributed by atoms with Crippen molar-refractivity contribution in [2.45, 2.75) is 46.1 Å². The molecule has 6 heteroatoms. The summed E-state index contributed by atoms with van der Waals surface area (Å²) < 4.78 is 1.38. The minimum atomic E-state index is -0.564. The number of aromatic nitrogens is 2. The van der Waals surface area contributed by atoms with Crippen LogP contribution in [0.5, 0.6) is 0 Å². The van der Waals surface area contributed by atoms with Crippen molar-refractivity contribution < 1.29 is 4.79 Å². The normalized spacial score (nSPS) is 17.5. The van der Waals surface area contributed by atoms with Crippen LogP contribution in [0, 0.1) is 13.8 Å². The Morgan fingerprint density at radius 1 is 1.11 bits per heavy atom. The van der Waals surface area contributed by atoms with Gasteiger partial charge < -0.3 is 9.80 Å². The zero-order valence-corrected chi connectivity index (χ0v) is 16.9. The molecular weight excluding hydrogens is 352 g/mol. The highest BCUT2D eigenvalue weighted by atomic mass is 16.2. The molecule has 1 aliphatic carbocycles. The van der Waals surface area contributed by atoms with Gasteiger partial charge in [-0.25, -0.2) is 4.68 Å². The molecule has 2 aliphatic rings. The Labute approximate surface area is 165 Å². The van der Waals surface area contributed by atoms with Crippen LogP contribution in [-0.4, -0.2) is 46.8 Å². The summed E-state index contributed by atoms with van der Waals surface area (Å²) in [6, 6.07) is 7.46. The average molecular weight is 380 g/mol. The highest BCUT2D eigenvalue weighted by Crippen LogP contribution is 2.24. The Bertz CT molecular complexity index is 957. The van der Waals surface area contributed by atoms with E-state index in [0.717, 1.165) is 43.6 Å². The van der Waals surface area contributed by atoms with Crippen LogP contribution in [-0.2, 0) is 17.6 Å². The molecular formula is C22H28N4O2. The van der Waals surface area contributed by atoms with Crippen molar-refractivity contribution in [2.75, 3.05) is 31.1 Å². The number of benzene rings is 1. The van der Waals surface area contributed by atoms with E-state index in [1.54, 1.807) is 13.0 Å². The Balaban J connectivity index is 1.45. The molecule has 1 amide bonds. The molecule has 1 aliphatic heterocycles. The van der Waals surface area contributed by atoms with Crippen LogP contribution in [0.4, 0.5) is 5.69 Å². The number of rotatable bonds is 3. The van der Waals surface area contributed by atoms with E-state index in [4.69, 9.17) is 0 Å². The van der Waals surface area contributed by atoms with E-state index in [1.165, 1.54) is 21.5 Å². The van der Waals surface area contributed by atoms with Crippen molar-refractivity contribution in [2.24, 2.45) is 0 Å². The lowest BCUT2D eigenvalue weighted by atomic mass is 10.1. The summed E-state index contributed by atoms with van der Waals surface area (Å²) in [4.78, 5) is 29.7. The van der Waals surface area contributed by atoms with Gasteiger partial charge in [0.25, 0.3) is 5.56 Å². The SMILES string of the molecule is Cc1cccc(N2CCN(C(=O)C(C)n3nc4c(cc3=O)CCC4)CC2)c1C. The van der Waals surface area contributed by atoms with Crippen LogP contribution >= 0.6 is 0 Å². The van der Waals surface area contributed by atoms with Crippen LogP contribution in [0.2, 0.25) is 0 Å². The van der Waals surface area contributed by atoms with Gasteiger partial charge >= 0.3 is 0 Å². The second-order valence-electron chi connectivity index (χ2n) is 7.96. The van der Waals surface area contributed by atoms with Crippen molar-refractivity contribution in [1.29, 1.82) is 0 Å².